The Balaban J connectivity index is 1.78. The summed E-state index contributed by atoms with van der Waals surface area (Å²) in [5.41, 5.74) is 1.63. The van der Waals surface area contributed by atoms with E-state index in [4.69, 9.17) is 5.11 Å². The van der Waals surface area contributed by atoms with Crippen molar-refractivity contribution in [3.63, 3.8) is 0 Å². The van der Waals surface area contributed by atoms with Gasteiger partial charge in [0.1, 0.15) is 5.69 Å². The van der Waals surface area contributed by atoms with Gasteiger partial charge in [-0.3, -0.25) is 4.79 Å². The van der Waals surface area contributed by atoms with Gasteiger partial charge in [0, 0.05) is 16.8 Å². The van der Waals surface area contributed by atoms with Crippen LogP contribution in [0.4, 0.5) is 5.69 Å². The van der Waals surface area contributed by atoms with Gasteiger partial charge in [-0.15, -0.1) is 11.3 Å². The highest BCUT2D eigenvalue weighted by Gasteiger charge is 2.17. The van der Waals surface area contributed by atoms with E-state index in [2.05, 4.69) is 10.3 Å². The van der Waals surface area contributed by atoms with Crippen molar-refractivity contribution in [2.24, 2.45) is 0 Å². The van der Waals surface area contributed by atoms with Crippen LogP contribution < -0.4 is 5.32 Å². The molecule has 0 atom stereocenters. The molecule has 1 amide bonds. The van der Waals surface area contributed by atoms with Crippen molar-refractivity contribution < 1.29 is 14.7 Å². The van der Waals surface area contributed by atoms with Crippen molar-refractivity contribution >= 4 is 28.9 Å². The molecule has 0 aliphatic heterocycles. The van der Waals surface area contributed by atoms with Gasteiger partial charge in [-0.25, -0.2) is 9.78 Å². The van der Waals surface area contributed by atoms with E-state index in [-0.39, 0.29) is 11.6 Å². The summed E-state index contributed by atoms with van der Waals surface area (Å²) < 4.78 is 0. The number of pyridine rings is 1. The maximum Gasteiger partial charge on any atom is 0.354 e. The number of anilines is 1. The first kappa shape index (κ1) is 13.8. The number of fused-ring (bicyclic) bond motifs is 1. The molecule has 21 heavy (non-hydrogen) atoms. The third-order valence-corrected chi connectivity index (χ3v) is 4.69. The maximum absolute atomic E-state index is 12.2. The van der Waals surface area contributed by atoms with Crippen molar-refractivity contribution in [3.8, 4) is 0 Å². The number of hydrogen-bond acceptors (Lipinski definition) is 4. The second kappa shape index (κ2) is 5.65. The van der Waals surface area contributed by atoms with Crippen molar-refractivity contribution in [1.82, 2.24) is 4.98 Å². The molecule has 6 heteroatoms. The van der Waals surface area contributed by atoms with Gasteiger partial charge < -0.3 is 10.4 Å². The lowest BCUT2D eigenvalue weighted by molar-refractivity contribution is 0.0690. The molecule has 2 N–H and O–H groups in total. The molecule has 2 aromatic heterocycles. The zero-order valence-corrected chi connectivity index (χ0v) is 12.1. The van der Waals surface area contributed by atoms with Crippen LogP contribution in [0.15, 0.2) is 24.4 Å². The summed E-state index contributed by atoms with van der Waals surface area (Å²) in [6, 6.07) is 4.89. The van der Waals surface area contributed by atoms with Gasteiger partial charge in [0.15, 0.2) is 0 Å². The molecule has 5 nitrogen and oxygen atoms in total. The number of rotatable bonds is 3. The van der Waals surface area contributed by atoms with Crippen molar-refractivity contribution in [2.75, 3.05) is 5.32 Å². The maximum atomic E-state index is 12.2. The van der Waals surface area contributed by atoms with Gasteiger partial charge in [-0.05, 0) is 49.4 Å². The number of carbonyl (C=O) groups excluding carboxylic acids is 1. The number of thiophene rings is 1. The molecule has 0 aromatic carbocycles. The molecule has 0 saturated carbocycles. The van der Waals surface area contributed by atoms with E-state index in [9.17, 15) is 9.59 Å². The van der Waals surface area contributed by atoms with Crippen molar-refractivity contribution in [1.29, 1.82) is 0 Å². The molecule has 2 aromatic rings. The Morgan fingerprint density at radius 2 is 2.05 bits per heavy atom. The third kappa shape index (κ3) is 2.95. The highest BCUT2D eigenvalue weighted by Crippen LogP contribution is 2.30. The average molecular weight is 302 g/mol. The predicted octanol–water partition coefficient (Wildman–Crippen LogP) is 2.97. The fraction of sp³-hybridized carbons (Fsp3) is 0.267. The molecule has 1 aliphatic carbocycles. The second-order valence-electron chi connectivity index (χ2n) is 4.96. The first-order chi connectivity index (χ1) is 10.1. The Labute approximate surface area is 125 Å². The minimum atomic E-state index is -1.11. The van der Waals surface area contributed by atoms with Gasteiger partial charge in [0.2, 0.25) is 0 Å². The number of aromatic carboxylic acids is 1. The Morgan fingerprint density at radius 3 is 2.81 bits per heavy atom. The lowest BCUT2D eigenvalue weighted by atomic mass is 9.99. The van der Waals surface area contributed by atoms with E-state index < -0.39 is 5.97 Å². The summed E-state index contributed by atoms with van der Waals surface area (Å²) in [4.78, 5) is 28.8. The lowest BCUT2D eigenvalue weighted by Crippen LogP contribution is -2.11. The number of amides is 1. The van der Waals surface area contributed by atoms with E-state index in [0.717, 1.165) is 12.8 Å². The number of aryl methyl sites for hydroxylation is 2. The molecular formula is C15H14N2O3S. The number of carboxylic acids is 1. The first-order valence-electron chi connectivity index (χ1n) is 6.76. The zero-order chi connectivity index (χ0) is 14.8. The van der Waals surface area contributed by atoms with Gasteiger partial charge in [0.05, 0.1) is 4.88 Å². The average Bonchev–Trinajstić information content (AvgIpc) is 2.91. The van der Waals surface area contributed by atoms with Crippen LogP contribution in [0.1, 0.15) is 43.4 Å². The predicted molar refractivity (Wildman–Crippen MR) is 80.1 cm³/mol. The molecule has 0 unspecified atom stereocenters. The van der Waals surface area contributed by atoms with Gasteiger partial charge in [0.25, 0.3) is 5.91 Å². The van der Waals surface area contributed by atoms with Crippen LogP contribution in [-0.2, 0) is 12.8 Å². The van der Waals surface area contributed by atoms with E-state index in [0.29, 0.717) is 10.6 Å². The molecule has 108 valence electrons. The van der Waals surface area contributed by atoms with Gasteiger partial charge >= 0.3 is 5.97 Å². The van der Waals surface area contributed by atoms with Crippen LogP contribution >= 0.6 is 11.3 Å². The van der Waals surface area contributed by atoms with Crippen LogP contribution in [0.5, 0.6) is 0 Å². The quantitative estimate of drug-likeness (QED) is 0.913. The molecule has 0 fully saturated rings. The number of aromatic nitrogens is 1. The minimum absolute atomic E-state index is 0.0849. The second-order valence-corrected chi connectivity index (χ2v) is 6.09. The lowest BCUT2D eigenvalue weighted by Gasteiger charge is -2.08. The van der Waals surface area contributed by atoms with Crippen LogP contribution in [0.25, 0.3) is 0 Å². The summed E-state index contributed by atoms with van der Waals surface area (Å²) in [6.07, 6.45) is 5.82. The Bertz CT molecular complexity index is 685. The number of carbonyl (C=O) groups is 2. The van der Waals surface area contributed by atoms with E-state index >= 15 is 0 Å². The molecule has 1 aliphatic rings. The van der Waals surface area contributed by atoms with Crippen LogP contribution in [0.2, 0.25) is 0 Å². The smallest absolute Gasteiger partial charge is 0.354 e. The SMILES string of the molecule is O=C(O)c1cc(NC(=O)c2cc3c(s2)CCCC3)ccn1. The van der Waals surface area contributed by atoms with Crippen molar-refractivity contribution in [3.05, 3.63) is 45.4 Å². The zero-order valence-electron chi connectivity index (χ0n) is 11.3. The molecule has 3 rings (SSSR count). The monoisotopic (exact) mass is 302 g/mol. The number of nitrogens with zero attached hydrogens (tertiary/aromatic N) is 1. The van der Waals surface area contributed by atoms with Crippen LogP contribution in [0, 0.1) is 0 Å². The number of hydrogen-bond donors (Lipinski definition) is 2. The third-order valence-electron chi connectivity index (χ3n) is 3.46. The molecular weight excluding hydrogens is 288 g/mol. The van der Waals surface area contributed by atoms with Crippen LogP contribution in [-0.4, -0.2) is 22.0 Å². The Hall–Kier alpha value is -2.21. The summed E-state index contributed by atoms with van der Waals surface area (Å²) in [5, 5.41) is 11.6. The van der Waals surface area contributed by atoms with E-state index in [1.807, 2.05) is 6.07 Å². The summed E-state index contributed by atoms with van der Waals surface area (Å²) in [7, 11) is 0. The molecule has 0 radical (unpaired) electrons. The molecule has 2 heterocycles. The highest BCUT2D eigenvalue weighted by molar-refractivity contribution is 7.14. The summed E-state index contributed by atoms with van der Waals surface area (Å²) in [6.45, 7) is 0. The topological polar surface area (TPSA) is 79.3 Å². The molecule has 0 saturated heterocycles. The fourth-order valence-electron chi connectivity index (χ4n) is 2.42. The largest absolute Gasteiger partial charge is 0.477 e. The number of nitrogens with one attached hydrogen (secondary N) is 1. The summed E-state index contributed by atoms with van der Waals surface area (Å²) in [5.74, 6) is -1.31. The van der Waals surface area contributed by atoms with Gasteiger partial charge in [-0.2, -0.15) is 0 Å². The Morgan fingerprint density at radius 1 is 1.24 bits per heavy atom. The van der Waals surface area contributed by atoms with Gasteiger partial charge in [-0.1, -0.05) is 0 Å². The van der Waals surface area contributed by atoms with E-state index in [1.165, 1.54) is 46.9 Å². The fourth-order valence-corrected chi connectivity index (χ4v) is 3.57. The standard InChI is InChI=1S/C15H14N2O3S/c18-14(13-7-9-3-1-2-4-12(9)21-13)17-10-5-6-16-11(8-10)15(19)20/h5-8H,1-4H2,(H,19,20)(H,16,17,18). The molecule has 0 bridgehead atoms. The highest BCUT2D eigenvalue weighted by atomic mass is 32.1. The normalized spacial score (nSPS) is 13.5. The van der Waals surface area contributed by atoms with E-state index in [1.54, 1.807) is 6.07 Å². The summed E-state index contributed by atoms with van der Waals surface area (Å²) >= 11 is 1.53. The number of carboxylic acid groups (broad SMARTS) is 1. The van der Waals surface area contributed by atoms with Crippen molar-refractivity contribution in [2.45, 2.75) is 25.7 Å². The Kier molecular flexibility index (Phi) is 3.70. The molecule has 0 spiro atoms. The minimum Gasteiger partial charge on any atom is -0.477 e. The van der Waals surface area contributed by atoms with Crippen LogP contribution in [0.3, 0.4) is 0 Å². The first-order valence-corrected chi connectivity index (χ1v) is 7.57.